The maximum atomic E-state index is 12.0. The van der Waals surface area contributed by atoms with E-state index in [1.54, 1.807) is 0 Å². The van der Waals surface area contributed by atoms with Crippen molar-refractivity contribution >= 4 is 11.6 Å². The standard InChI is InChI=1S/C8H6ClF3O2/c9-4-1-2-6(13)5(3-4)7(14)8(10,11)12/h1-3,7,13-14H. The van der Waals surface area contributed by atoms with Crippen molar-refractivity contribution in [3.63, 3.8) is 0 Å². The van der Waals surface area contributed by atoms with Crippen molar-refractivity contribution in [1.82, 2.24) is 0 Å². The van der Waals surface area contributed by atoms with Gasteiger partial charge in [-0.25, -0.2) is 0 Å². The van der Waals surface area contributed by atoms with E-state index < -0.39 is 23.6 Å². The topological polar surface area (TPSA) is 40.5 Å². The van der Waals surface area contributed by atoms with Crippen LogP contribution >= 0.6 is 11.6 Å². The summed E-state index contributed by atoms with van der Waals surface area (Å²) in [7, 11) is 0. The molecule has 2 nitrogen and oxygen atoms in total. The summed E-state index contributed by atoms with van der Waals surface area (Å²) in [5.41, 5.74) is -0.648. The number of hydrogen-bond acceptors (Lipinski definition) is 2. The largest absolute Gasteiger partial charge is 0.508 e. The first-order valence-corrected chi connectivity index (χ1v) is 3.93. The molecule has 0 spiro atoms. The van der Waals surface area contributed by atoms with Gasteiger partial charge < -0.3 is 10.2 Å². The summed E-state index contributed by atoms with van der Waals surface area (Å²) in [4.78, 5) is 0. The second-order valence-electron chi connectivity index (χ2n) is 2.65. The molecule has 0 fully saturated rings. The van der Waals surface area contributed by atoms with Gasteiger partial charge >= 0.3 is 6.18 Å². The molecule has 1 rings (SSSR count). The fourth-order valence-electron chi connectivity index (χ4n) is 0.921. The number of hydrogen-bond donors (Lipinski definition) is 2. The Morgan fingerprint density at radius 3 is 2.36 bits per heavy atom. The van der Waals surface area contributed by atoms with Gasteiger partial charge in [0.2, 0.25) is 0 Å². The van der Waals surface area contributed by atoms with Gasteiger partial charge in [0.25, 0.3) is 0 Å². The van der Waals surface area contributed by atoms with E-state index in [4.69, 9.17) is 21.8 Å². The lowest BCUT2D eigenvalue weighted by Crippen LogP contribution is -2.20. The van der Waals surface area contributed by atoms with Gasteiger partial charge in [-0.05, 0) is 18.2 Å². The van der Waals surface area contributed by atoms with Crippen molar-refractivity contribution in [2.24, 2.45) is 0 Å². The first-order chi connectivity index (χ1) is 6.32. The lowest BCUT2D eigenvalue weighted by atomic mass is 10.1. The zero-order valence-electron chi connectivity index (χ0n) is 6.72. The Labute approximate surface area is 82.5 Å². The Balaban J connectivity index is 3.12. The predicted molar refractivity (Wildman–Crippen MR) is 44.1 cm³/mol. The summed E-state index contributed by atoms with van der Waals surface area (Å²) in [6.45, 7) is 0. The van der Waals surface area contributed by atoms with Crippen molar-refractivity contribution in [2.45, 2.75) is 12.3 Å². The van der Waals surface area contributed by atoms with Crippen LogP contribution in [0.3, 0.4) is 0 Å². The molecule has 1 aromatic carbocycles. The summed E-state index contributed by atoms with van der Waals surface area (Å²) < 4.78 is 36.1. The molecule has 0 saturated heterocycles. The number of halogens is 4. The number of alkyl halides is 3. The van der Waals surface area contributed by atoms with Gasteiger partial charge in [-0.3, -0.25) is 0 Å². The van der Waals surface area contributed by atoms with E-state index >= 15 is 0 Å². The van der Waals surface area contributed by atoms with Crippen LogP contribution in [0.1, 0.15) is 11.7 Å². The highest BCUT2D eigenvalue weighted by atomic mass is 35.5. The Bertz CT molecular complexity index is 338. The highest BCUT2D eigenvalue weighted by Crippen LogP contribution is 2.37. The summed E-state index contributed by atoms with van der Waals surface area (Å²) in [5, 5.41) is 17.9. The molecule has 0 bridgehead atoms. The summed E-state index contributed by atoms with van der Waals surface area (Å²) in [6.07, 6.45) is -7.54. The van der Waals surface area contributed by atoms with E-state index in [9.17, 15) is 13.2 Å². The molecule has 1 atom stereocenters. The second kappa shape index (κ2) is 3.67. The molecule has 0 aromatic heterocycles. The Kier molecular flexibility index (Phi) is 2.92. The zero-order chi connectivity index (χ0) is 10.9. The minimum Gasteiger partial charge on any atom is -0.508 e. The van der Waals surface area contributed by atoms with Crippen LogP contribution in [0.2, 0.25) is 5.02 Å². The third-order valence-electron chi connectivity index (χ3n) is 1.59. The van der Waals surface area contributed by atoms with Gasteiger partial charge in [0.1, 0.15) is 5.75 Å². The average molecular weight is 227 g/mol. The Hall–Kier alpha value is -0.940. The maximum absolute atomic E-state index is 12.0. The predicted octanol–water partition coefficient (Wildman–Crippen LogP) is 2.64. The number of rotatable bonds is 1. The average Bonchev–Trinajstić information content (AvgIpc) is 2.06. The highest BCUT2D eigenvalue weighted by molar-refractivity contribution is 6.30. The number of aromatic hydroxyl groups is 1. The van der Waals surface area contributed by atoms with Crippen LogP contribution in [0, 0.1) is 0 Å². The molecule has 0 radical (unpaired) electrons. The molecule has 78 valence electrons. The molecule has 0 aliphatic carbocycles. The molecule has 14 heavy (non-hydrogen) atoms. The molecule has 0 aliphatic heterocycles. The molecule has 0 heterocycles. The molecule has 1 unspecified atom stereocenters. The van der Waals surface area contributed by atoms with Crippen molar-refractivity contribution < 1.29 is 23.4 Å². The fourth-order valence-corrected chi connectivity index (χ4v) is 1.10. The van der Waals surface area contributed by atoms with E-state index in [-0.39, 0.29) is 5.02 Å². The van der Waals surface area contributed by atoms with Gasteiger partial charge in [0, 0.05) is 10.6 Å². The van der Waals surface area contributed by atoms with Gasteiger partial charge in [-0.1, -0.05) is 11.6 Å². The van der Waals surface area contributed by atoms with E-state index in [1.807, 2.05) is 0 Å². The minimum absolute atomic E-state index is 0.0149. The number of phenolic OH excluding ortho intramolecular Hbond substituents is 1. The number of aliphatic hydroxyl groups excluding tert-OH is 1. The molecule has 0 saturated carbocycles. The van der Waals surface area contributed by atoms with Crippen LogP contribution in [0.25, 0.3) is 0 Å². The molecule has 0 aliphatic rings. The minimum atomic E-state index is -4.82. The smallest absolute Gasteiger partial charge is 0.418 e. The van der Waals surface area contributed by atoms with Gasteiger partial charge in [0.15, 0.2) is 6.10 Å². The van der Waals surface area contributed by atoms with Gasteiger partial charge in [0.05, 0.1) is 0 Å². The Morgan fingerprint density at radius 1 is 1.29 bits per heavy atom. The SMILES string of the molecule is Oc1ccc(Cl)cc1C(O)C(F)(F)F. The lowest BCUT2D eigenvalue weighted by molar-refractivity contribution is -0.207. The second-order valence-corrected chi connectivity index (χ2v) is 3.08. The third kappa shape index (κ3) is 2.30. The first kappa shape index (κ1) is 11.1. The van der Waals surface area contributed by atoms with E-state index in [0.717, 1.165) is 12.1 Å². The van der Waals surface area contributed by atoms with Crippen LogP contribution in [0.4, 0.5) is 13.2 Å². The summed E-state index contributed by atoms with van der Waals surface area (Å²) >= 11 is 5.42. The first-order valence-electron chi connectivity index (χ1n) is 3.55. The van der Waals surface area contributed by atoms with Crippen LogP contribution < -0.4 is 0 Å². The quantitative estimate of drug-likeness (QED) is 0.773. The molecule has 0 amide bonds. The number of benzene rings is 1. The van der Waals surface area contributed by atoms with Crippen molar-refractivity contribution in [3.05, 3.63) is 28.8 Å². The molecule has 1 aromatic rings. The van der Waals surface area contributed by atoms with Crippen LogP contribution in [-0.2, 0) is 0 Å². The van der Waals surface area contributed by atoms with Crippen molar-refractivity contribution in [1.29, 1.82) is 0 Å². The van der Waals surface area contributed by atoms with Crippen molar-refractivity contribution in [2.75, 3.05) is 0 Å². The maximum Gasteiger partial charge on any atom is 0.418 e. The molecular weight excluding hydrogens is 221 g/mol. The monoisotopic (exact) mass is 226 g/mol. The fraction of sp³-hybridized carbons (Fsp3) is 0.250. The molecular formula is C8H6ClF3O2. The number of phenols is 1. The van der Waals surface area contributed by atoms with Crippen LogP contribution in [-0.4, -0.2) is 16.4 Å². The van der Waals surface area contributed by atoms with Crippen molar-refractivity contribution in [3.8, 4) is 5.75 Å². The summed E-state index contributed by atoms with van der Waals surface area (Å²) in [6, 6.07) is 3.09. The van der Waals surface area contributed by atoms with E-state index in [2.05, 4.69) is 0 Å². The molecule has 2 N–H and O–H groups in total. The summed E-state index contributed by atoms with van der Waals surface area (Å²) in [5.74, 6) is -0.640. The molecule has 6 heteroatoms. The van der Waals surface area contributed by atoms with Crippen LogP contribution in [0.15, 0.2) is 18.2 Å². The number of aliphatic hydroxyl groups is 1. The van der Waals surface area contributed by atoms with Gasteiger partial charge in [-0.2, -0.15) is 13.2 Å². The zero-order valence-corrected chi connectivity index (χ0v) is 7.47. The normalized spacial score (nSPS) is 14.1. The van der Waals surface area contributed by atoms with E-state index in [0.29, 0.717) is 0 Å². The van der Waals surface area contributed by atoms with Crippen LogP contribution in [0.5, 0.6) is 5.75 Å². The van der Waals surface area contributed by atoms with E-state index in [1.165, 1.54) is 6.07 Å². The van der Waals surface area contributed by atoms with Gasteiger partial charge in [-0.15, -0.1) is 0 Å². The Morgan fingerprint density at radius 2 is 1.86 bits per heavy atom. The highest BCUT2D eigenvalue weighted by Gasteiger charge is 2.40. The lowest BCUT2D eigenvalue weighted by Gasteiger charge is -2.15. The third-order valence-corrected chi connectivity index (χ3v) is 1.83.